The minimum Gasteiger partial charge on any atom is -0.281 e. The number of hydrogen-bond acceptors (Lipinski definition) is 1. The maximum absolute atomic E-state index is 12.5. The lowest BCUT2D eigenvalue weighted by atomic mass is 10.0. The number of hydrogen-bond donors (Lipinski definition) is 0. The molecule has 0 saturated carbocycles. The third-order valence-corrected chi connectivity index (χ3v) is 2.26. The highest BCUT2D eigenvalue weighted by molar-refractivity contribution is 6.63. The molecule has 0 N–H and O–H groups in total. The van der Waals surface area contributed by atoms with E-state index in [0.717, 1.165) is 12.1 Å². The van der Waals surface area contributed by atoms with E-state index in [1.165, 1.54) is 0 Å². The lowest BCUT2D eigenvalue weighted by Crippen LogP contribution is -2.07. The molecule has 0 aliphatic heterocycles. The van der Waals surface area contributed by atoms with Crippen LogP contribution in [0.15, 0.2) is 18.2 Å². The molecule has 1 nitrogen and oxygen atoms in total. The van der Waals surface area contributed by atoms with Crippen LogP contribution in [0.25, 0.3) is 0 Å². The number of halogens is 4. The number of rotatable bonds is 3. The average molecular weight is 251 g/mol. The second-order valence-electron chi connectivity index (χ2n) is 3.42. The zero-order chi connectivity index (χ0) is 12.3. The first-order valence-corrected chi connectivity index (χ1v) is 5.09. The van der Waals surface area contributed by atoms with Crippen molar-refractivity contribution in [2.24, 2.45) is 0 Å². The van der Waals surface area contributed by atoms with Gasteiger partial charge in [0.2, 0.25) is 5.24 Å². The fraction of sp³-hybridized carbons (Fsp3) is 0.364. The van der Waals surface area contributed by atoms with E-state index in [1.54, 1.807) is 13.0 Å². The van der Waals surface area contributed by atoms with Crippen molar-refractivity contribution in [2.45, 2.75) is 25.9 Å². The molecule has 0 fully saturated rings. The Morgan fingerprint density at radius 2 is 1.81 bits per heavy atom. The summed E-state index contributed by atoms with van der Waals surface area (Å²) in [5.41, 5.74) is 0.106. The average Bonchev–Trinajstić information content (AvgIpc) is 2.14. The molecule has 0 aliphatic rings. The van der Waals surface area contributed by atoms with E-state index in [4.69, 9.17) is 11.6 Å². The van der Waals surface area contributed by atoms with Crippen LogP contribution in [0.3, 0.4) is 0 Å². The Morgan fingerprint density at radius 3 is 2.25 bits per heavy atom. The third kappa shape index (κ3) is 3.52. The summed E-state index contributed by atoms with van der Waals surface area (Å²) in [6.45, 7) is 1.75. The molecule has 0 heterocycles. The predicted molar refractivity (Wildman–Crippen MR) is 55.4 cm³/mol. The minimum atomic E-state index is -4.39. The first kappa shape index (κ1) is 13.0. The number of carbonyl (C=O) groups excluding carboxylic acids is 1. The maximum atomic E-state index is 12.5. The summed E-state index contributed by atoms with van der Waals surface area (Å²) in [4.78, 5) is 10.7. The zero-order valence-electron chi connectivity index (χ0n) is 8.57. The van der Waals surface area contributed by atoms with Gasteiger partial charge in [-0.05, 0) is 41.3 Å². The fourth-order valence-electron chi connectivity index (χ4n) is 1.39. The van der Waals surface area contributed by atoms with Crippen LogP contribution in [0.5, 0.6) is 0 Å². The molecule has 0 bridgehead atoms. The minimum absolute atomic E-state index is 0.182. The van der Waals surface area contributed by atoms with Gasteiger partial charge in [0.05, 0.1) is 5.56 Å². The Hall–Kier alpha value is -1.03. The van der Waals surface area contributed by atoms with Gasteiger partial charge < -0.3 is 0 Å². The largest absolute Gasteiger partial charge is 0.416 e. The van der Waals surface area contributed by atoms with E-state index in [2.05, 4.69) is 0 Å². The second-order valence-corrected chi connectivity index (χ2v) is 3.84. The smallest absolute Gasteiger partial charge is 0.281 e. The molecule has 88 valence electrons. The van der Waals surface area contributed by atoms with Gasteiger partial charge in [-0.1, -0.05) is 13.0 Å². The van der Waals surface area contributed by atoms with Crippen LogP contribution < -0.4 is 0 Å². The molecule has 0 spiro atoms. The van der Waals surface area contributed by atoms with Crippen molar-refractivity contribution in [1.82, 2.24) is 0 Å². The lowest BCUT2D eigenvalue weighted by molar-refractivity contribution is -0.137. The van der Waals surface area contributed by atoms with Crippen LogP contribution in [0.4, 0.5) is 13.2 Å². The summed E-state index contributed by atoms with van der Waals surface area (Å²) in [6.07, 6.45) is -4.10. The van der Waals surface area contributed by atoms with Gasteiger partial charge in [0, 0.05) is 6.42 Å². The van der Waals surface area contributed by atoms with E-state index in [9.17, 15) is 18.0 Å². The van der Waals surface area contributed by atoms with E-state index in [0.29, 0.717) is 17.5 Å². The maximum Gasteiger partial charge on any atom is 0.416 e. The van der Waals surface area contributed by atoms with Gasteiger partial charge in [0.1, 0.15) is 0 Å². The highest BCUT2D eigenvalue weighted by Gasteiger charge is 2.31. The monoisotopic (exact) mass is 250 g/mol. The van der Waals surface area contributed by atoms with Crippen molar-refractivity contribution < 1.29 is 18.0 Å². The van der Waals surface area contributed by atoms with Crippen molar-refractivity contribution >= 4 is 16.8 Å². The molecule has 0 amide bonds. The lowest BCUT2D eigenvalue weighted by Gasteiger charge is -2.10. The Labute approximate surface area is 96.2 Å². The SMILES string of the molecule is CCc1cc(CC(=O)Cl)cc(C(F)(F)F)c1. The molecule has 1 aromatic rings. The molecule has 1 rings (SSSR count). The van der Waals surface area contributed by atoms with Crippen LogP contribution in [0.1, 0.15) is 23.6 Å². The molecular weight excluding hydrogens is 241 g/mol. The summed E-state index contributed by atoms with van der Waals surface area (Å²) < 4.78 is 37.5. The molecule has 5 heteroatoms. The van der Waals surface area contributed by atoms with Gasteiger partial charge in [-0.2, -0.15) is 13.2 Å². The van der Waals surface area contributed by atoms with Gasteiger partial charge in [0.15, 0.2) is 0 Å². The van der Waals surface area contributed by atoms with E-state index < -0.39 is 17.0 Å². The van der Waals surface area contributed by atoms with Gasteiger partial charge in [0.25, 0.3) is 0 Å². The fourth-order valence-corrected chi connectivity index (χ4v) is 1.55. The predicted octanol–water partition coefficient (Wildman–Crippen LogP) is 3.58. The number of carbonyl (C=O) groups is 1. The number of alkyl halides is 3. The van der Waals surface area contributed by atoms with Gasteiger partial charge in [-0.3, -0.25) is 4.79 Å². The Kier molecular flexibility index (Phi) is 3.97. The normalized spacial score (nSPS) is 11.6. The van der Waals surface area contributed by atoms with Crippen molar-refractivity contribution in [3.8, 4) is 0 Å². The quantitative estimate of drug-likeness (QED) is 0.750. The van der Waals surface area contributed by atoms with Crippen molar-refractivity contribution in [2.75, 3.05) is 0 Å². The summed E-state index contributed by atoms with van der Waals surface area (Å²) >= 11 is 5.15. The molecule has 0 radical (unpaired) electrons. The van der Waals surface area contributed by atoms with Crippen molar-refractivity contribution in [1.29, 1.82) is 0 Å². The molecule has 0 saturated heterocycles. The number of aryl methyl sites for hydroxylation is 1. The van der Waals surface area contributed by atoms with E-state index in [1.807, 2.05) is 0 Å². The van der Waals surface area contributed by atoms with Crippen LogP contribution >= 0.6 is 11.6 Å². The van der Waals surface area contributed by atoms with Crippen LogP contribution in [-0.4, -0.2) is 5.24 Å². The Morgan fingerprint density at radius 1 is 1.25 bits per heavy atom. The van der Waals surface area contributed by atoms with Gasteiger partial charge in [-0.15, -0.1) is 0 Å². The summed E-state index contributed by atoms with van der Waals surface area (Å²) in [5, 5.41) is -0.665. The first-order valence-electron chi connectivity index (χ1n) is 4.71. The third-order valence-electron chi connectivity index (χ3n) is 2.13. The number of benzene rings is 1. The molecule has 0 unspecified atom stereocenters. The van der Waals surface area contributed by atoms with Gasteiger partial charge >= 0.3 is 6.18 Å². The first-order chi connectivity index (χ1) is 7.32. The standard InChI is InChI=1S/C11H10ClF3O/c1-2-7-3-8(6-10(12)16)5-9(4-7)11(13,14)15/h3-5H,2,6H2,1H3. The van der Waals surface area contributed by atoms with Gasteiger partial charge in [-0.25, -0.2) is 0 Å². The Bertz CT molecular complexity index is 399. The summed E-state index contributed by atoms with van der Waals surface area (Å²) in [7, 11) is 0. The van der Waals surface area contributed by atoms with E-state index in [-0.39, 0.29) is 6.42 Å². The van der Waals surface area contributed by atoms with Crippen LogP contribution in [0.2, 0.25) is 0 Å². The van der Waals surface area contributed by atoms with Crippen LogP contribution in [-0.2, 0) is 23.8 Å². The molecule has 1 aromatic carbocycles. The van der Waals surface area contributed by atoms with Crippen LogP contribution in [0, 0.1) is 0 Å². The topological polar surface area (TPSA) is 17.1 Å². The Balaban J connectivity index is 3.16. The van der Waals surface area contributed by atoms with E-state index >= 15 is 0 Å². The summed E-state index contributed by atoms with van der Waals surface area (Å²) in [5.74, 6) is 0. The molecule has 0 aliphatic carbocycles. The molecule has 0 atom stereocenters. The molecule has 16 heavy (non-hydrogen) atoms. The second kappa shape index (κ2) is 4.87. The van der Waals surface area contributed by atoms with Crippen molar-refractivity contribution in [3.63, 3.8) is 0 Å². The zero-order valence-corrected chi connectivity index (χ0v) is 9.32. The molecule has 0 aromatic heterocycles. The van der Waals surface area contributed by atoms with Crippen molar-refractivity contribution in [3.05, 3.63) is 34.9 Å². The summed E-state index contributed by atoms with van der Waals surface area (Å²) in [6, 6.07) is 3.61. The highest BCUT2D eigenvalue weighted by atomic mass is 35.5. The molecular formula is C11H10ClF3O. The highest BCUT2D eigenvalue weighted by Crippen LogP contribution is 2.31.